The van der Waals surface area contributed by atoms with Crippen LogP contribution in [0.2, 0.25) is 0 Å². The topological polar surface area (TPSA) is 64.9 Å². The van der Waals surface area contributed by atoms with E-state index >= 15 is 0 Å². The van der Waals surface area contributed by atoms with Crippen molar-refractivity contribution in [3.05, 3.63) is 67.1 Å². The van der Waals surface area contributed by atoms with Gasteiger partial charge in [-0.3, -0.25) is 0 Å². The van der Waals surface area contributed by atoms with Crippen molar-refractivity contribution in [3.8, 4) is 11.6 Å². The Morgan fingerprint density at radius 3 is 2.54 bits per heavy atom. The number of nitrogens with zero attached hydrogens (tertiary/aromatic N) is 4. The van der Waals surface area contributed by atoms with E-state index in [0.29, 0.717) is 11.8 Å². The summed E-state index contributed by atoms with van der Waals surface area (Å²) in [5, 5.41) is 4.18. The molecule has 0 saturated carbocycles. The lowest BCUT2D eigenvalue weighted by Crippen LogP contribution is -2.07. The predicted molar refractivity (Wildman–Crippen MR) is 102 cm³/mol. The van der Waals surface area contributed by atoms with Crippen molar-refractivity contribution in [1.82, 2.24) is 19.5 Å². The summed E-state index contributed by atoms with van der Waals surface area (Å²) in [4.78, 5) is 13.3. The minimum absolute atomic E-state index is 0.0952. The van der Waals surface area contributed by atoms with E-state index in [1.807, 2.05) is 79.3 Å². The van der Waals surface area contributed by atoms with Gasteiger partial charge in [0.15, 0.2) is 0 Å². The smallest absolute Gasteiger partial charge is 0.229 e. The molecule has 130 valence electrons. The second-order valence-electron chi connectivity index (χ2n) is 6.17. The van der Waals surface area contributed by atoms with Gasteiger partial charge in [-0.15, -0.1) is 0 Å². The first-order valence-corrected chi connectivity index (χ1v) is 8.48. The van der Waals surface area contributed by atoms with Crippen molar-refractivity contribution >= 4 is 22.7 Å². The minimum atomic E-state index is 0.0952. The van der Waals surface area contributed by atoms with Crippen molar-refractivity contribution in [2.24, 2.45) is 0 Å². The van der Waals surface area contributed by atoms with Crippen molar-refractivity contribution in [3.63, 3.8) is 0 Å². The molecular weight excluding hydrogens is 326 g/mol. The molecule has 1 aromatic carbocycles. The van der Waals surface area contributed by atoms with Crippen LogP contribution in [0.15, 0.2) is 67.1 Å². The van der Waals surface area contributed by atoms with Gasteiger partial charge in [-0.1, -0.05) is 18.2 Å². The Balaban J connectivity index is 1.61. The number of aromatic nitrogens is 4. The molecule has 0 saturated heterocycles. The Morgan fingerprint density at radius 2 is 1.81 bits per heavy atom. The van der Waals surface area contributed by atoms with Crippen LogP contribution in [0.4, 0.5) is 11.6 Å². The van der Waals surface area contributed by atoms with Crippen LogP contribution in [0.5, 0.6) is 5.88 Å². The SMILES string of the molecule is CC(C)Oc1ccc(Nc2ncc3ccn(-c4ccccc4)c3n2)cn1. The summed E-state index contributed by atoms with van der Waals surface area (Å²) in [6.45, 7) is 3.94. The van der Waals surface area contributed by atoms with Gasteiger partial charge >= 0.3 is 0 Å². The van der Waals surface area contributed by atoms with Crippen molar-refractivity contribution in [2.45, 2.75) is 20.0 Å². The van der Waals surface area contributed by atoms with Gasteiger partial charge in [-0.05, 0) is 38.1 Å². The standard InChI is InChI=1S/C20H19N5O/c1-14(2)26-18-9-8-16(13-21-18)23-20-22-12-15-10-11-25(19(15)24-20)17-6-4-3-5-7-17/h3-14H,1-2H3,(H,22,23,24). The monoisotopic (exact) mass is 345 g/mol. The molecule has 6 heteroatoms. The highest BCUT2D eigenvalue weighted by Gasteiger charge is 2.07. The molecule has 0 amide bonds. The second-order valence-corrected chi connectivity index (χ2v) is 6.17. The molecule has 6 nitrogen and oxygen atoms in total. The third-order valence-electron chi connectivity index (χ3n) is 3.81. The fourth-order valence-corrected chi connectivity index (χ4v) is 2.67. The quantitative estimate of drug-likeness (QED) is 0.583. The van der Waals surface area contributed by atoms with Gasteiger partial charge in [0, 0.05) is 29.5 Å². The zero-order chi connectivity index (χ0) is 17.9. The number of pyridine rings is 1. The van der Waals surface area contributed by atoms with Crippen LogP contribution >= 0.6 is 0 Å². The fourth-order valence-electron chi connectivity index (χ4n) is 2.67. The van der Waals surface area contributed by atoms with Crippen LogP contribution in [0.3, 0.4) is 0 Å². The Hall–Kier alpha value is -3.41. The highest BCUT2D eigenvalue weighted by atomic mass is 16.5. The van der Waals surface area contributed by atoms with Crippen molar-refractivity contribution in [1.29, 1.82) is 0 Å². The second kappa shape index (κ2) is 6.84. The molecule has 4 aromatic rings. The molecule has 4 rings (SSSR count). The van der Waals surface area contributed by atoms with Gasteiger partial charge in [0.05, 0.1) is 18.0 Å². The fraction of sp³-hybridized carbons (Fsp3) is 0.150. The zero-order valence-corrected chi connectivity index (χ0v) is 14.6. The molecular formula is C20H19N5O. The average molecular weight is 345 g/mol. The lowest BCUT2D eigenvalue weighted by molar-refractivity contribution is 0.232. The number of hydrogen-bond acceptors (Lipinski definition) is 5. The number of fused-ring (bicyclic) bond motifs is 1. The molecule has 0 aliphatic heterocycles. The first kappa shape index (κ1) is 16.1. The highest BCUT2D eigenvalue weighted by Crippen LogP contribution is 2.21. The van der Waals surface area contributed by atoms with Gasteiger partial charge in [-0.25, -0.2) is 9.97 Å². The Bertz CT molecular complexity index is 1010. The Morgan fingerprint density at radius 1 is 0.962 bits per heavy atom. The summed E-state index contributed by atoms with van der Waals surface area (Å²) >= 11 is 0. The van der Waals surface area contributed by atoms with E-state index < -0.39 is 0 Å². The number of hydrogen-bond donors (Lipinski definition) is 1. The molecule has 0 spiro atoms. The zero-order valence-electron chi connectivity index (χ0n) is 14.6. The lowest BCUT2D eigenvalue weighted by Gasteiger charge is -2.10. The molecule has 3 aromatic heterocycles. The van der Waals surface area contributed by atoms with Crippen LogP contribution < -0.4 is 10.1 Å². The van der Waals surface area contributed by atoms with Crippen LogP contribution in [0.1, 0.15) is 13.8 Å². The van der Waals surface area contributed by atoms with E-state index in [4.69, 9.17) is 4.74 Å². The molecule has 3 heterocycles. The number of para-hydroxylation sites is 1. The van der Waals surface area contributed by atoms with Gasteiger partial charge in [0.25, 0.3) is 0 Å². The summed E-state index contributed by atoms with van der Waals surface area (Å²) < 4.78 is 7.60. The first-order chi connectivity index (χ1) is 12.7. The lowest BCUT2D eigenvalue weighted by atomic mass is 10.3. The average Bonchev–Trinajstić information content (AvgIpc) is 3.07. The first-order valence-electron chi connectivity index (χ1n) is 8.48. The Labute approximate surface area is 151 Å². The molecule has 0 unspecified atom stereocenters. The number of ether oxygens (including phenoxy) is 1. The van der Waals surface area contributed by atoms with E-state index in [-0.39, 0.29) is 6.10 Å². The van der Waals surface area contributed by atoms with Crippen LogP contribution in [-0.4, -0.2) is 25.6 Å². The maximum Gasteiger partial charge on any atom is 0.229 e. The third kappa shape index (κ3) is 3.35. The number of nitrogens with one attached hydrogen (secondary N) is 1. The van der Waals surface area contributed by atoms with Gasteiger partial charge in [0.2, 0.25) is 11.8 Å². The normalized spacial score (nSPS) is 11.0. The largest absolute Gasteiger partial charge is 0.475 e. The van der Waals surface area contributed by atoms with Gasteiger partial charge in [-0.2, -0.15) is 4.98 Å². The summed E-state index contributed by atoms with van der Waals surface area (Å²) in [5.41, 5.74) is 2.71. The summed E-state index contributed by atoms with van der Waals surface area (Å²) in [5.74, 6) is 1.12. The number of benzene rings is 1. The van der Waals surface area contributed by atoms with Crippen molar-refractivity contribution in [2.75, 3.05) is 5.32 Å². The molecule has 0 atom stereocenters. The molecule has 26 heavy (non-hydrogen) atoms. The van der Waals surface area contributed by atoms with E-state index in [9.17, 15) is 0 Å². The highest BCUT2D eigenvalue weighted by molar-refractivity contribution is 5.78. The summed E-state index contributed by atoms with van der Waals surface area (Å²) in [6.07, 6.45) is 5.62. The van der Waals surface area contributed by atoms with E-state index in [1.54, 1.807) is 6.20 Å². The summed E-state index contributed by atoms with van der Waals surface area (Å²) in [6, 6.07) is 15.8. The van der Waals surface area contributed by atoms with Crippen molar-refractivity contribution < 1.29 is 4.74 Å². The molecule has 0 radical (unpaired) electrons. The van der Waals surface area contributed by atoms with Gasteiger partial charge < -0.3 is 14.6 Å². The number of rotatable bonds is 5. The predicted octanol–water partition coefficient (Wildman–Crippen LogP) is 4.35. The molecule has 1 N–H and O–H groups in total. The summed E-state index contributed by atoms with van der Waals surface area (Å²) in [7, 11) is 0. The van der Waals surface area contributed by atoms with Crippen LogP contribution in [0, 0.1) is 0 Å². The molecule has 0 fully saturated rings. The molecule has 0 bridgehead atoms. The van der Waals surface area contributed by atoms with E-state index in [0.717, 1.165) is 22.4 Å². The minimum Gasteiger partial charge on any atom is -0.475 e. The maximum atomic E-state index is 5.56. The van der Waals surface area contributed by atoms with Crippen LogP contribution in [-0.2, 0) is 0 Å². The van der Waals surface area contributed by atoms with Crippen LogP contribution in [0.25, 0.3) is 16.7 Å². The Kier molecular flexibility index (Phi) is 4.23. The third-order valence-corrected chi connectivity index (χ3v) is 3.81. The van der Waals surface area contributed by atoms with E-state index in [2.05, 4.69) is 20.3 Å². The number of anilines is 2. The van der Waals surface area contributed by atoms with Gasteiger partial charge in [0.1, 0.15) is 5.65 Å². The maximum absolute atomic E-state index is 5.56. The van der Waals surface area contributed by atoms with E-state index in [1.165, 1.54) is 0 Å². The molecule has 0 aliphatic carbocycles. The molecule has 0 aliphatic rings.